The molecule has 0 aliphatic heterocycles. The van der Waals surface area contributed by atoms with Gasteiger partial charge >= 0.3 is 0 Å². The molecule has 7 heteroatoms. The second-order valence-corrected chi connectivity index (χ2v) is 10.5. The Hall–Kier alpha value is -2.22. The first kappa shape index (κ1) is 24.4. The van der Waals surface area contributed by atoms with E-state index in [1.165, 1.54) is 23.6 Å². The summed E-state index contributed by atoms with van der Waals surface area (Å²) < 4.78 is 29.4. The minimum absolute atomic E-state index is 0.337. The van der Waals surface area contributed by atoms with Gasteiger partial charge in [0.2, 0.25) is 10.0 Å². The molecule has 0 fully saturated rings. The van der Waals surface area contributed by atoms with Crippen molar-refractivity contribution >= 4 is 27.0 Å². The van der Waals surface area contributed by atoms with E-state index in [1.807, 2.05) is 56.3 Å². The summed E-state index contributed by atoms with van der Waals surface area (Å²) in [5.74, 6) is 0. The molecule has 5 nitrogen and oxygen atoms in total. The van der Waals surface area contributed by atoms with Gasteiger partial charge < -0.3 is 4.57 Å². The second kappa shape index (κ2) is 11.6. The Morgan fingerprint density at radius 2 is 1.59 bits per heavy atom. The highest BCUT2D eigenvalue weighted by Gasteiger charge is 2.21. The van der Waals surface area contributed by atoms with Gasteiger partial charge in [-0.1, -0.05) is 70.4 Å². The molecule has 32 heavy (non-hydrogen) atoms. The fourth-order valence-electron chi connectivity index (χ4n) is 3.69. The number of hydrogen-bond donors (Lipinski definition) is 0. The Morgan fingerprint density at radius 1 is 0.906 bits per heavy atom. The van der Waals surface area contributed by atoms with E-state index in [-0.39, 0.29) is 0 Å². The minimum atomic E-state index is -3.46. The Bertz CT molecular complexity index is 1140. The quantitative estimate of drug-likeness (QED) is 0.319. The summed E-state index contributed by atoms with van der Waals surface area (Å²) in [6.07, 6.45) is 4.70. The van der Waals surface area contributed by atoms with E-state index < -0.39 is 10.0 Å². The molecule has 0 radical (unpaired) electrons. The van der Waals surface area contributed by atoms with Crippen molar-refractivity contribution in [3.63, 3.8) is 0 Å². The smallest absolute Gasteiger partial charge is 0.243 e. The van der Waals surface area contributed by atoms with Crippen LogP contribution in [0.3, 0.4) is 0 Å². The number of nitrogens with zero attached hydrogens (tertiary/aromatic N) is 3. The normalized spacial score (nSPS) is 12.6. The average molecular weight is 472 g/mol. The molecule has 0 saturated carbocycles. The average Bonchev–Trinajstić information content (AvgIpc) is 3.20. The summed E-state index contributed by atoms with van der Waals surface area (Å²) in [5.41, 5.74) is 3.02. The monoisotopic (exact) mass is 471 g/mol. The van der Waals surface area contributed by atoms with E-state index in [4.69, 9.17) is 4.99 Å². The molecule has 0 atom stereocenters. The maximum Gasteiger partial charge on any atom is 0.243 e. The van der Waals surface area contributed by atoms with Crippen molar-refractivity contribution in [1.82, 2.24) is 8.87 Å². The molecule has 3 rings (SSSR count). The third-order valence-corrected chi connectivity index (χ3v) is 8.43. The van der Waals surface area contributed by atoms with Crippen LogP contribution < -0.4 is 4.80 Å². The number of para-hydroxylation sites is 1. The molecule has 0 unspecified atom stereocenters. The summed E-state index contributed by atoms with van der Waals surface area (Å²) in [4.78, 5) is 6.16. The molecule has 0 bridgehead atoms. The van der Waals surface area contributed by atoms with Crippen LogP contribution in [0.5, 0.6) is 0 Å². The van der Waals surface area contributed by atoms with Gasteiger partial charge in [0.25, 0.3) is 0 Å². The second-order valence-electron chi connectivity index (χ2n) is 7.68. The van der Waals surface area contributed by atoms with Gasteiger partial charge in [0.05, 0.1) is 16.3 Å². The maximum absolute atomic E-state index is 12.8. The van der Waals surface area contributed by atoms with E-state index in [1.54, 1.807) is 23.5 Å². The highest BCUT2D eigenvalue weighted by atomic mass is 32.2. The van der Waals surface area contributed by atoms with Crippen molar-refractivity contribution in [1.29, 1.82) is 0 Å². The maximum atomic E-state index is 12.8. The number of rotatable bonds is 11. The molecule has 2 aromatic carbocycles. The number of hydrogen-bond acceptors (Lipinski definition) is 4. The molecule has 1 heterocycles. The van der Waals surface area contributed by atoms with Crippen molar-refractivity contribution in [2.75, 3.05) is 13.1 Å². The molecule has 0 aliphatic carbocycles. The molecule has 0 N–H and O–H groups in total. The van der Waals surface area contributed by atoms with E-state index in [0.717, 1.165) is 34.7 Å². The molecular weight excluding hydrogens is 438 g/mol. The predicted molar refractivity (Wildman–Crippen MR) is 134 cm³/mol. The Morgan fingerprint density at radius 3 is 2.22 bits per heavy atom. The van der Waals surface area contributed by atoms with Crippen LogP contribution in [0.2, 0.25) is 0 Å². The molecule has 1 aromatic heterocycles. The summed E-state index contributed by atoms with van der Waals surface area (Å²) in [5, 5.41) is 2.12. The molecule has 0 saturated heterocycles. The van der Waals surface area contributed by atoms with Gasteiger partial charge in [0, 0.05) is 25.0 Å². The van der Waals surface area contributed by atoms with Gasteiger partial charge in [-0.3, -0.25) is 0 Å². The van der Waals surface area contributed by atoms with Gasteiger partial charge in [0.1, 0.15) is 0 Å². The number of benzene rings is 2. The van der Waals surface area contributed by atoms with E-state index in [0.29, 0.717) is 18.0 Å². The molecule has 3 aromatic rings. The van der Waals surface area contributed by atoms with E-state index in [9.17, 15) is 8.42 Å². The van der Waals surface area contributed by atoms with Crippen LogP contribution in [0.4, 0.5) is 5.69 Å². The van der Waals surface area contributed by atoms with Gasteiger partial charge in [-0.15, -0.1) is 11.3 Å². The summed E-state index contributed by atoms with van der Waals surface area (Å²) in [6, 6.07) is 17.3. The number of thiazole rings is 1. The third-order valence-electron chi connectivity index (χ3n) is 5.51. The summed E-state index contributed by atoms with van der Waals surface area (Å²) in [7, 11) is -3.46. The lowest BCUT2D eigenvalue weighted by atomic mass is 10.1. The Kier molecular flexibility index (Phi) is 8.84. The lowest BCUT2D eigenvalue weighted by Crippen LogP contribution is -2.30. The number of unbranched alkanes of at least 4 members (excludes halogenated alkanes) is 3. The fraction of sp³-hybridized carbons (Fsp3) is 0.400. The first-order valence-electron chi connectivity index (χ1n) is 11.4. The van der Waals surface area contributed by atoms with Crippen molar-refractivity contribution in [2.24, 2.45) is 4.99 Å². The van der Waals surface area contributed by atoms with Crippen molar-refractivity contribution in [3.8, 4) is 11.3 Å². The first-order valence-corrected chi connectivity index (χ1v) is 13.7. The minimum Gasteiger partial charge on any atom is -0.316 e. The predicted octanol–water partition coefficient (Wildman–Crippen LogP) is 6.06. The van der Waals surface area contributed by atoms with Gasteiger partial charge in [0.15, 0.2) is 4.80 Å². The van der Waals surface area contributed by atoms with Crippen molar-refractivity contribution < 1.29 is 8.42 Å². The molecule has 172 valence electrons. The van der Waals surface area contributed by atoms with Crippen LogP contribution in [0.25, 0.3) is 11.3 Å². The lowest BCUT2D eigenvalue weighted by molar-refractivity contribution is 0.445. The summed E-state index contributed by atoms with van der Waals surface area (Å²) in [6.45, 7) is 7.76. The molecule has 0 spiro atoms. The van der Waals surface area contributed by atoms with E-state index in [2.05, 4.69) is 16.9 Å². The summed E-state index contributed by atoms with van der Waals surface area (Å²) >= 11 is 1.62. The molecule has 0 amide bonds. The lowest BCUT2D eigenvalue weighted by Gasteiger charge is -2.18. The third kappa shape index (κ3) is 5.77. The first-order chi connectivity index (χ1) is 15.5. The van der Waals surface area contributed by atoms with Crippen LogP contribution in [0.15, 0.2) is 69.9 Å². The molecular formula is C25H33N3O2S2. The van der Waals surface area contributed by atoms with Gasteiger partial charge in [-0.05, 0) is 36.2 Å². The van der Waals surface area contributed by atoms with Gasteiger partial charge in [-0.25, -0.2) is 13.4 Å². The standard InChI is InChI=1S/C25H33N3O2S2/c1-4-7-8-12-19-28-24(20-31-25(28)26-22-13-10-9-11-14-22)21-15-17-23(18-16-21)32(29,30)27(5-2)6-3/h9-11,13-18,20H,4-8,12,19H2,1-3H3. The number of aromatic nitrogens is 1. The zero-order chi connectivity index (χ0) is 23.0. The topological polar surface area (TPSA) is 54.7 Å². The van der Waals surface area contributed by atoms with E-state index >= 15 is 0 Å². The van der Waals surface area contributed by atoms with Crippen LogP contribution in [0, 0.1) is 0 Å². The Labute approximate surface area is 196 Å². The van der Waals surface area contributed by atoms with Crippen molar-refractivity contribution in [3.05, 3.63) is 64.8 Å². The van der Waals surface area contributed by atoms with Crippen LogP contribution in [0.1, 0.15) is 46.5 Å². The van der Waals surface area contributed by atoms with Crippen LogP contribution in [-0.4, -0.2) is 30.4 Å². The highest BCUT2D eigenvalue weighted by Crippen LogP contribution is 2.25. The fourth-order valence-corrected chi connectivity index (χ4v) is 6.10. The highest BCUT2D eigenvalue weighted by molar-refractivity contribution is 7.89. The SMILES string of the molecule is CCCCCCn1c(-c2ccc(S(=O)(=O)N(CC)CC)cc2)csc1=Nc1ccccc1. The van der Waals surface area contributed by atoms with Gasteiger partial charge in [-0.2, -0.15) is 4.31 Å². The zero-order valence-corrected chi connectivity index (χ0v) is 20.8. The molecule has 0 aliphatic rings. The van der Waals surface area contributed by atoms with Crippen LogP contribution >= 0.6 is 11.3 Å². The van der Waals surface area contributed by atoms with Crippen LogP contribution in [-0.2, 0) is 16.6 Å². The Balaban J connectivity index is 1.97. The number of sulfonamides is 1. The largest absolute Gasteiger partial charge is 0.316 e. The van der Waals surface area contributed by atoms with Crippen molar-refractivity contribution in [2.45, 2.75) is 57.9 Å². The zero-order valence-electron chi connectivity index (χ0n) is 19.2.